The van der Waals surface area contributed by atoms with Crippen LogP contribution in [0.4, 0.5) is 0 Å². The van der Waals surface area contributed by atoms with Gasteiger partial charge in [-0.2, -0.15) is 0 Å². The van der Waals surface area contributed by atoms with Gasteiger partial charge in [-0.05, 0) is 63.9 Å². The van der Waals surface area contributed by atoms with Gasteiger partial charge in [0.1, 0.15) is 5.76 Å². The molecule has 0 saturated heterocycles. The number of likely N-dealkylation sites (N-methyl/N-ethyl adjacent to an activating group) is 1. The van der Waals surface area contributed by atoms with Crippen molar-refractivity contribution in [1.82, 2.24) is 4.90 Å². The first-order valence-corrected chi connectivity index (χ1v) is 9.03. The van der Waals surface area contributed by atoms with Crippen LogP contribution in [0.1, 0.15) is 44.2 Å². The minimum Gasteiger partial charge on any atom is -0.504 e. The van der Waals surface area contributed by atoms with Crippen LogP contribution in [0.25, 0.3) is 0 Å². The van der Waals surface area contributed by atoms with E-state index in [-0.39, 0.29) is 23.2 Å². The second-order valence-electron chi connectivity index (χ2n) is 7.62. The average molecular weight is 343 g/mol. The first-order chi connectivity index (χ1) is 11.9. The molecule has 0 saturated carbocycles. The van der Waals surface area contributed by atoms with Crippen LogP contribution >= 0.6 is 0 Å². The summed E-state index contributed by atoms with van der Waals surface area (Å²) in [6.45, 7) is 4.60. The third kappa shape index (κ3) is 2.44. The maximum absolute atomic E-state index is 11.6. The number of phenols is 1. The van der Waals surface area contributed by atoms with Crippen LogP contribution in [0.3, 0.4) is 0 Å². The van der Waals surface area contributed by atoms with E-state index in [0.717, 1.165) is 37.8 Å². The third-order valence-corrected chi connectivity index (χ3v) is 6.09. The van der Waals surface area contributed by atoms with Crippen LogP contribution in [0, 0.1) is 0 Å². The highest BCUT2D eigenvalue weighted by Gasteiger charge is 2.55. The molecule has 5 heteroatoms. The number of carbonyl (C=O) groups excluding carboxylic acids is 1. The molecule has 3 atom stereocenters. The van der Waals surface area contributed by atoms with Crippen LogP contribution in [0.15, 0.2) is 24.0 Å². The van der Waals surface area contributed by atoms with Crippen molar-refractivity contribution in [2.24, 2.45) is 0 Å². The molecule has 0 amide bonds. The summed E-state index contributed by atoms with van der Waals surface area (Å²) in [4.78, 5) is 13.9. The molecule has 4 rings (SSSR count). The Hall–Kier alpha value is -2.01. The summed E-state index contributed by atoms with van der Waals surface area (Å²) >= 11 is 0. The van der Waals surface area contributed by atoms with Gasteiger partial charge in [0.2, 0.25) is 0 Å². The molecule has 1 aromatic carbocycles. The van der Waals surface area contributed by atoms with E-state index in [1.54, 1.807) is 6.07 Å². The number of hydrogen-bond donors (Lipinski definition) is 1. The summed E-state index contributed by atoms with van der Waals surface area (Å²) < 4.78 is 11.7. The van der Waals surface area contributed by atoms with E-state index in [1.807, 2.05) is 12.1 Å². The van der Waals surface area contributed by atoms with Gasteiger partial charge in [-0.1, -0.05) is 6.07 Å². The second-order valence-corrected chi connectivity index (χ2v) is 7.62. The lowest BCUT2D eigenvalue weighted by molar-refractivity contribution is -0.139. The lowest BCUT2D eigenvalue weighted by Crippen LogP contribution is -2.47. The Morgan fingerprint density at radius 2 is 2.20 bits per heavy atom. The number of hydrogen-bond acceptors (Lipinski definition) is 5. The molecule has 3 unspecified atom stereocenters. The van der Waals surface area contributed by atoms with Crippen LogP contribution in [0.2, 0.25) is 0 Å². The zero-order valence-electron chi connectivity index (χ0n) is 15.0. The van der Waals surface area contributed by atoms with Crippen molar-refractivity contribution in [2.75, 3.05) is 13.6 Å². The molecular weight excluding hydrogens is 318 g/mol. The number of rotatable bonds is 1. The minimum absolute atomic E-state index is 0.177. The van der Waals surface area contributed by atoms with Crippen molar-refractivity contribution in [1.29, 1.82) is 0 Å². The normalized spacial score (nSPS) is 31.1. The van der Waals surface area contributed by atoms with Gasteiger partial charge in [0.05, 0.1) is 0 Å². The van der Waals surface area contributed by atoms with Gasteiger partial charge in [-0.15, -0.1) is 0 Å². The highest BCUT2D eigenvalue weighted by molar-refractivity contribution is 5.68. The van der Waals surface area contributed by atoms with Gasteiger partial charge >= 0.3 is 5.97 Å². The zero-order valence-corrected chi connectivity index (χ0v) is 15.0. The van der Waals surface area contributed by atoms with Crippen molar-refractivity contribution < 1.29 is 19.4 Å². The zero-order chi connectivity index (χ0) is 17.8. The molecule has 5 nitrogen and oxygen atoms in total. The maximum Gasteiger partial charge on any atom is 0.307 e. The second kappa shape index (κ2) is 5.77. The quantitative estimate of drug-likeness (QED) is 0.795. The van der Waals surface area contributed by atoms with Crippen molar-refractivity contribution >= 4 is 5.97 Å². The van der Waals surface area contributed by atoms with Gasteiger partial charge in [0.15, 0.2) is 17.6 Å². The highest BCUT2D eigenvalue weighted by atomic mass is 16.6. The number of ether oxygens (including phenoxy) is 2. The van der Waals surface area contributed by atoms with Crippen LogP contribution in [0.5, 0.6) is 11.5 Å². The summed E-state index contributed by atoms with van der Waals surface area (Å²) in [5.74, 6) is 1.02. The minimum atomic E-state index is -0.339. The topological polar surface area (TPSA) is 59.0 Å². The first kappa shape index (κ1) is 16.5. The Balaban J connectivity index is 1.87. The van der Waals surface area contributed by atoms with Crippen molar-refractivity contribution in [3.8, 4) is 11.5 Å². The summed E-state index contributed by atoms with van der Waals surface area (Å²) in [5, 5.41) is 10.4. The molecule has 1 spiro atoms. The van der Waals surface area contributed by atoms with Gasteiger partial charge in [-0.3, -0.25) is 4.79 Å². The molecule has 2 aliphatic heterocycles. The van der Waals surface area contributed by atoms with E-state index in [0.29, 0.717) is 17.6 Å². The summed E-state index contributed by atoms with van der Waals surface area (Å²) in [6, 6.07) is 4.18. The Labute approximate surface area is 148 Å². The average Bonchev–Trinajstić information content (AvgIpc) is 2.91. The lowest BCUT2D eigenvalue weighted by atomic mass is 9.66. The third-order valence-electron chi connectivity index (χ3n) is 6.09. The molecule has 0 radical (unpaired) electrons. The Kier molecular flexibility index (Phi) is 3.80. The van der Waals surface area contributed by atoms with Crippen LogP contribution < -0.4 is 4.74 Å². The number of nitrogens with zero attached hydrogens (tertiary/aromatic N) is 1. The number of phenolic OH excluding ortho intramolecular Hbond substituents is 1. The van der Waals surface area contributed by atoms with Gasteiger partial charge in [0, 0.05) is 23.9 Å². The number of aromatic hydroxyl groups is 1. The molecular formula is C20H25NO4. The van der Waals surface area contributed by atoms with Crippen molar-refractivity contribution in [3.63, 3.8) is 0 Å². The molecule has 0 bridgehead atoms. The Morgan fingerprint density at radius 1 is 1.40 bits per heavy atom. The number of carbonyl (C=O) groups is 1. The number of allylic oxidation sites excluding steroid dienone is 1. The molecule has 0 fully saturated rings. The summed E-state index contributed by atoms with van der Waals surface area (Å²) in [6.07, 6.45) is 5.24. The number of esters is 1. The van der Waals surface area contributed by atoms with E-state index in [1.165, 1.54) is 12.5 Å². The van der Waals surface area contributed by atoms with Crippen LogP contribution in [-0.2, 0) is 21.4 Å². The Morgan fingerprint density at radius 3 is 2.96 bits per heavy atom. The first-order valence-electron chi connectivity index (χ1n) is 9.03. The van der Waals surface area contributed by atoms with Gasteiger partial charge in [0.25, 0.3) is 0 Å². The summed E-state index contributed by atoms with van der Waals surface area (Å²) in [7, 11) is 2.16. The SMILES string of the molecule is CC(=O)OC1=CCCC23CCN(C)C(C)Cc4ccc(O)c(c42)OC13. The Bertz CT molecular complexity index is 756. The highest BCUT2D eigenvalue weighted by Crippen LogP contribution is 2.57. The molecule has 1 N–H and O–H groups in total. The monoisotopic (exact) mass is 343 g/mol. The van der Waals surface area contributed by atoms with Gasteiger partial charge < -0.3 is 19.5 Å². The van der Waals surface area contributed by atoms with E-state index in [2.05, 4.69) is 18.9 Å². The smallest absolute Gasteiger partial charge is 0.307 e. The van der Waals surface area contributed by atoms with Crippen molar-refractivity contribution in [3.05, 3.63) is 35.1 Å². The fourth-order valence-electron chi connectivity index (χ4n) is 4.69. The maximum atomic E-state index is 11.6. The molecule has 134 valence electrons. The molecule has 0 aromatic heterocycles. The van der Waals surface area contributed by atoms with Gasteiger partial charge in [-0.25, -0.2) is 0 Å². The molecule has 25 heavy (non-hydrogen) atoms. The van der Waals surface area contributed by atoms with E-state index < -0.39 is 0 Å². The molecule has 2 heterocycles. The molecule has 3 aliphatic rings. The predicted octanol–water partition coefficient (Wildman–Crippen LogP) is 2.90. The largest absolute Gasteiger partial charge is 0.504 e. The predicted molar refractivity (Wildman–Crippen MR) is 93.7 cm³/mol. The molecule has 1 aliphatic carbocycles. The standard InChI is InChI=1S/C20H25NO4/c1-12-11-14-6-7-15(23)18-17(14)20(9-10-21(12)3)8-4-5-16(19(20)25-18)24-13(2)22/h5-7,12,19,23H,4,8-11H2,1-3H3. The van der Waals surface area contributed by atoms with Crippen LogP contribution in [-0.4, -0.2) is 41.7 Å². The molecule has 1 aromatic rings. The fourth-order valence-corrected chi connectivity index (χ4v) is 4.69. The lowest BCUT2D eigenvalue weighted by Gasteiger charge is -2.42. The van der Waals surface area contributed by atoms with E-state index in [4.69, 9.17) is 9.47 Å². The van der Waals surface area contributed by atoms with Crippen molar-refractivity contribution in [2.45, 2.75) is 57.1 Å². The summed E-state index contributed by atoms with van der Waals surface area (Å²) in [5.41, 5.74) is 2.13. The number of benzene rings is 1. The fraction of sp³-hybridized carbons (Fsp3) is 0.550. The van der Waals surface area contributed by atoms with E-state index in [9.17, 15) is 9.90 Å². The van der Waals surface area contributed by atoms with E-state index >= 15 is 0 Å².